The van der Waals surface area contributed by atoms with Gasteiger partial charge >= 0.3 is 11.2 Å². The molecule has 0 radical (unpaired) electrons. The zero-order valence-corrected chi connectivity index (χ0v) is 10.3. The zero-order chi connectivity index (χ0) is 13.8. The van der Waals surface area contributed by atoms with E-state index in [1.165, 1.54) is 0 Å². The molecule has 0 unspecified atom stereocenters. The van der Waals surface area contributed by atoms with E-state index in [1.54, 1.807) is 24.3 Å². The van der Waals surface area contributed by atoms with Crippen LogP contribution in [0.3, 0.4) is 0 Å². The normalized spacial score (nSPS) is 10.2. The van der Waals surface area contributed by atoms with Gasteiger partial charge in [0.05, 0.1) is 11.3 Å². The quantitative estimate of drug-likeness (QED) is 0.658. The largest absolute Gasteiger partial charge is 0.375 e. The average molecular weight is 281 g/mol. The Morgan fingerprint density at radius 1 is 1.42 bits per heavy atom. The summed E-state index contributed by atoms with van der Waals surface area (Å²) in [7, 11) is 0. The molecule has 0 saturated carbocycles. The SMILES string of the molecule is O=c1[nH]cnc(NCc2ccccc2Cl)c1[N+](=O)[O-]. The first-order valence-electron chi connectivity index (χ1n) is 5.29. The zero-order valence-electron chi connectivity index (χ0n) is 9.59. The number of H-pyrrole nitrogens is 1. The van der Waals surface area contributed by atoms with Crippen molar-refractivity contribution in [3.63, 3.8) is 0 Å². The monoisotopic (exact) mass is 280 g/mol. The van der Waals surface area contributed by atoms with Crippen LogP contribution in [0.25, 0.3) is 0 Å². The van der Waals surface area contributed by atoms with Gasteiger partial charge in [0.1, 0.15) is 0 Å². The highest BCUT2D eigenvalue weighted by atomic mass is 35.5. The molecule has 0 amide bonds. The van der Waals surface area contributed by atoms with Crippen LogP contribution in [0.1, 0.15) is 5.56 Å². The van der Waals surface area contributed by atoms with Gasteiger partial charge in [0.2, 0.25) is 5.82 Å². The number of nitrogens with zero attached hydrogens (tertiary/aromatic N) is 2. The number of aromatic amines is 1. The van der Waals surface area contributed by atoms with Crippen LogP contribution >= 0.6 is 11.6 Å². The van der Waals surface area contributed by atoms with Crippen molar-refractivity contribution in [2.24, 2.45) is 0 Å². The third kappa shape index (κ3) is 2.89. The molecule has 19 heavy (non-hydrogen) atoms. The molecule has 8 heteroatoms. The first-order valence-corrected chi connectivity index (χ1v) is 5.66. The Bertz CT molecular complexity index is 671. The predicted octanol–water partition coefficient (Wildman–Crippen LogP) is 1.94. The molecule has 0 saturated heterocycles. The lowest BCUT2D eigenvalue weighted by molar-refractivity contribution is -0.385. The molecule has 2 rings (SSSR count). The molecular formula is C11H9ClN4O3. The van der Waals surface area contributed by atoms with Crippen molar-refractivity contribution in [2.75, 3.05) is 5.32 Å². The number of halogens is 1. The molecule has 0 aliphatic heterocycles. The molecule has 0 bridgehead atoms. The van der Waals surface area contributed by atoms with E-state index in [0.29, 0.717) is 5.02 Å². The van der Waals surface area contributed by atoms with Crippen LogP contribution < -0.4 is 10.9 Å². The highest BCUT2D eigenvalue weighted by molar-refractivity contribution is 6.31. The third-order valence-electron chi connectivity index (χ3n) is 2.42. The van der Waals surface area contributed by atoms with E-state index in [1.807, 2.05) is 0 Å². The van der Waals surface area contributed by atoms with Crippen molar-refractivity contribution in [1.82, 2.24) is 9.97 Å². The van der Waals surface area contributed by atoms with E-state index in [0.717, 1.165) is 11.9 Å². The molecule has 1 aromatic heterocycles. The van der Waals surface area contributed by atoms with Gasteiger partial charge in [-0.25, -0.2) is 4.98 Å². The number of aromatic nitrogens is 2. The van der Waals surface area contributed by atoms with Crippen LogP contribution in [0.15, 0.2) is 35.4 Å². The average Bonchev–Trinajstić information content (AvgIpc) is 2.37. The molecule has 0 aliphatic carbocycles. The van der Waals surface area contributed by atoms with Crippen molar-refractivity contribution in [3.8, 4) is 0 Å². The lowest BCUT2D eigenvalue weighted by Crippen LogP contribution is -2.16. The van der Waals surface area contributed by atoms with E-state index < -0.39 is 16.2 Å². The highest BCUT2D eigenvalue weighted by Gasteiger charge is 2.20. The molecule has 1 heterocycles. The summed E-state index contributed by atoms with van der Waals surface area (Å²) in [4.78, 5) is 27.3. The number of hydrogen-bond donors (Lipinski definition) is 2. The predicted molar refractivity (Wildman–Crippen MR) is 70.3 cm³/mol. The van der Waals surface area contributed by atoms with E-state index in [2.05, 4.69) is 15.3 Å². The fourth-order valence-corrected chi connectivity index (χ4v) is 1.71. The Morgan fingerprint density at radius 2 is 2.16 bits per heavy atom. The number of nitrogens with one attached hydrogen (secondary N) is 2. The number of rotatable bonds is 4. The van der Waals surface area contributed by atoms with Crippen molar-refractivity contribution in [2.45, 2.75) is 6.54 Å². The summed E-state index contributed by atoms with van der Waals surface area (Å²) in [6, 6.07) is 7.05. The van der Waals surface area contributed by atoms with Crippen molar-refractivity contribution >= 4 is 23.1 Å². The van der Waals surface area contributed by atoms with Crippen molar-refractivity contribution in [1.29, 1.82) is 0 Å². The molecule has 2 N–H and O–H groups in total. The summed E-state index contributed by atoms with van der Waals surface area (Å²) in [6.07, 6.45) is 1.10. The van der Waals surface area contributed by atoms with Gasteiger partial charge in [-0.15, -0.1) is 0 Å². The van der Waals surface area contributed by atoms with Gasteiger partial charge in [0.25, 0.3) is 0 Å². The smallest absolute Gasteiger partial charge is 0.360 e. The summed E-state index contributed by atoms with van der Waals surface area (Å²) in [5.74, 6) is -0.0892. The molecule has 0 aliphatic rings. The Kier molecular flexibility index (Phi) is 3.76. The summed E-state index contributed by atoms with van der Waals surface area (Å²) < 4.78 is 0. The van der Waals surface area contributed by atoms with Crippen LogP contribution in [0.5, 0.6) is 0 Å². The maximum Gasteiger partial charge on any atom is 0.375 e. The highest BCUT2D eigenvalue weighted by Crippen LogP contribution is 2.19. The lowest BCUT2D eigenvalue weighted by atomic mass is 10.2. The Hall–Kier alpha value is -2.41. The van der Waals surface area contributed by atoms with Gasteiger partial charge in [-0.2, -0.15) is 0 Å². The standard InChI is InChI=1S/C11H9ClN4O3/c12-8-4-2-1-3-7(8)5-13-10-9(16(18)19)11(17)15-6-14-10/h1-4,6H,5H2,(H2,13,14,15,17). The molecule has 2 aromatic rings. The number of hydrogen-bond acceptors (Lipinski definition) is 5. The molecule has 7 nitrogen and oxygen atoms in total. The van der Waals surface area contributed by atoms with Gasteiger partial charge in [0, 0.05) is 11.6 Å². The number of benzene rings is 1. The van der Waals surface area contributed by atoms with Crippen molar-refractivity contribution in [3.05, 3.63) is 61.6 Å². The molecule has 0 spiro atoms. The van der Waals surface area contributed by atoms with Gasteiger partial charge in [-0.1, -0.05) is 29.8 Å². The maximum atomic E-state index is 11.4. The van der Waals surface area contributed by atoms with Gasteiger partial charge in [0.15, 0.2) is 0 Å². The summed E-state index contributed by atoms with van der Waals surface area (Å²) in [5.41, 5.74) is -0.670. The first-order chi connectivity index (χ1) is 9.09. The molecular weight excluding hydrogens is 272 g/mol. The Labute approximate surface area is 112 Å². The molecule has 1 aromatic carbocycles. The van der Waals surface area contributed by atoms with Crippen LogP contribution in [0, 0.1) is 10.1 Å². The van der Waals surface area contributed by atoms with Crippen LogP contribution in [-0.4, -0.2) is 14.9 Å². The topological polar surface area (TPSA) is 101 Å². The van der Waals surface area contributed by atoms with Crippen molar-refractivity contribution < 1.29 is 4.92 Å². The maximum absolute atomic E-state index is 11.4. The Morgan fingerprint density at radius 3 is 2.84 bits per heavy atom. The van der Waals surface area contributed by atoms with E-state index in [4.69, 9.17) is 11.6 Å². The van der Waals surface area contributed by atoms with Crippen LogP contribution in [0.2, 0.25) is 5.02 Å². The lowest BCUT2D eigenvalue weighted by Gasteiger charge is -2.06. The third-order valence-corrected chi connectivity index (χ3v) is 2.78. The summed E-state index contributed by atoms with van der Waals surface area (Å²) in [5, 5.41) is 14.1. The fraction of sp³-hybridized carbons (Fsp3) is 0.0909. The second kappa shape index (κ2) is 5.49. The number of anilines is 1. The fourth-order valence-electron chi connectivity index (χ4n) is 1.51. The minimum absolute atomic E-state index is 0.0892. The molecule has 0 fully saturated rings. The molecule has 98 valence electrons. The second-order valence-electron chi connectivity index (χ2n) is 3.63. The molecule has 0 atom stereocenters. The summed E-state index contributed by atoms with van der Waals surface area (Å²) in [6.45, 7) is 0.233. The van der Waals surface area contributed by atoms with Gasteiger partial charge < -0.3 is 10.3 Å². The van der Waals surface area contributed by atoms with E-state index in [-0.39, 0.29) is 12.4 Å². The van der Waals surface area contributed by atoms with E-state index >= 15 is 0 Å². The van der Waals surface area contributed by atoms with Crippen LogP contribution in [0.4, 0.5) is 11.5 Å². The van der Waals surface area contributed by atoms with Gasteiger partial charge in [-0.05, 0) is 11.6 Å². The number of nitro groups is 1. The summed E-state index contributed by atoms with van der Waals surface area (Å²) >= 11 is 5.96. The minimum atomic E-state index is -0.804. The first kappa shape index (κ1) is 13.0. The second-order valence-corrected chi connectivity index (χ2v) is 4.04. The Balaban J connectivity index is 2.26. The van der Waals surface area contributed by atoms with Crippen LogP contribution in [-0.2, 0) is 6.54 Å². The van der Waals surface area contributed by atoms with E-state index in [9.17, 15) is 14.9 Å². The minimum Gasteiger partial charge on any atom is -0.360 e. The van der Waals surface area contributed by atoms with Gasteiger partial charge in [-0.3, -0.25) is 14.9 Å².